The van der Waals surface area contributed by atoms with E-state index >= 15 is 4.39 Å². The second-order valence-corrected chi connectivity index (χ2v) is 11.2. The molecule has 0 spiro atoms. The Morgan fingerprint density at radius 2 is 1.94 bits per heavy atom. The van der Waals surface area contributed by atoms with Gasteiger partial charge in [0.15, 0.2) is 5.13 Å². The topological polar surface area (TPSA) is 68.1 Å². The average molecular weight is 457 g/mol. The fraction of sp³-hybridized carbons (Fsp3) is 0.522. The molecule has 0 bridgehead atoms. The van der Waals surface area contributed by atoms with Crippen LogP contribution in [0.5, 0.6) is 5.75 Å². The molecule has 0 amide bonds. The number of nitrogens with one attached hydrogen (secondary N) is 1. The molecule has 9 heteroatoms. The third-order valence-electron chi connectivity index (χ3n) is 6.25. The lowest BCUT2D eigenvalue weighted by Gasteiger charge is -2.48. The van der Waals surface area contributed by atoms with Crippen molar-refractivity contribution >= 4 is 16.5 Å². The molecule has 0 aliphatic carbocycles. The van der Waals surface area contributed by atoms with E-state index < -0.39 is 0 Å². The summed E-state index contributed by atoms with van der Waals surface area (Å²) in [6, 6.07) is 3.69. The van der Waals surface area contributed by atoms with Crippen molar-refractivity contribution in [3.63, 3.8) is 0 Å². The summed E-state index contributed by atoms with van der Waals surface area (Å²) < 4.78 is 21.2. The number of thiazole rings is 1. The van der Waals surface area contributed by atoms with E-state index in [1.165, 1.54) is 10.9 Å². The first-order valence-corrected chi connectivity index (χ1v) is 11.7. The van der Waals surface area contributed by atoms with Crippen molar-refractivity contribution in [2.75, 3.05) is 11.9 Å². The van der Waals surface area contributed by atoms with Gasteiger partial charge in [0.2, 0.25) is 0 Å². The van der Waals surface area contributed by atoms with Crippen molar-refractivity contribution in [3.05, 3.63) is 29.8 Å². The largest absolute Gasteiger partial charge is 0.486 e. The molecule has 2 aliphatic rings. The van der Waals surface area contributed by atoms with Crippen molar-refractivity contribution in [3.8, 4) is 27.4 Å². The lowest BCUT2D eigenvalue weighted by Crippen LogP contribution is -2.61. The SMILES string of the molecule is CN(c1nc2c(s1)-c1c(F)cc(-c3cnn(C)n3)cc1OC2)C1CC(C)(C)NC(C)(C)C1. The predicted octanol–water partition coefficient (Wildman–Crippen LogP) is 4.38. The van der Waals surface area contributed by atoms with Crippen molar-refractivity contribution in [2.24, 2.45) is 7.05 Å². The van der Waals surface area contributed by atoms with Gasteiger partial charge in [0.25, 0.3) is 0 Å². The Morgan fingerprint density at radius 3 is 2.59 bits per heavy atom. The number of hydrogen-bond donors (Lipinski definition) is 1. The van der Waals surface area contributed by atoms with E-state index in [0.717, 1.165) is 28.5 Å². The number of aromatic nitrogens is 4. The van der Waals surface area contributed by atoms with Crippen LogP contribution < -0.4 is 15.0 Å². The molecule has 1 fully saturated rings. The van der Waals surface area contributed by atoms with Crippen LogP contribution in [0.25, 0.3) is 21.7 Å². The van der Waals surface area contributed by atoms with Crippen LogP contribution in [0.3, 0.4) is 0 Å². The van der Waals surface area contributed by atoms with Crippen molar-refractivity contribution in [1.82, 2.24) is 25.3 Å². The minimum absolute atomic E-state index is 0.0378. The number of nitrogens with zero attached hydrogens (tertiary/aromatic N) is 5. The van der Waals surface area contributed by atoms with E-state index in [9.17, 15) is 0 Å². The van der Waals surface area contributed by atoms with Gasteiger partial charge < -0.3 is 15.0 Å². The van der Waals surface area contributed by atoms with Gasteiger partial charge in [-0.1, -0.05) is 11.3 Å². The van der Waals surface area contributed by atoms with Crippen LogP contribution in [0, 0.1) is 5.82 Å². The zero-order valence-corrected chi connectivity index (χ0v) is 20.2. The highest BCUT2D eigenvalue weighted by Crippen LogP contribution is 2.47. The summed E-state index contributed by atoms with van der Waals surface area (Å²) in [5.41, 5.74) is 2.62. The van der Waals surface area contributed by atoms with Crippen LogP contribution in [0.2, 0.25) is 0 Å². The van der Waals surface area contributed by atoms with E-state index in [1.807, 2.05) is 6.07 Å². The molecule has 1 N–H and O–H groups in total. The summed E-state index contributed by atoms with van der Waals surface area (Å²) >= 11 is 1.54. The van der Waals surface area contributed by atoms with Crippen LogP contribution >= 0.6 is 11.3 Å². The van der Waals surface area contributed by atoms with Gasteiger partial charge in [0.05, 0.1) is 22.3 Å². The first kappa shape index (κ1) is 21.3. The molecular weight excluding hydrogens is 427 g/mol. The summed E-state index contributed by atoms with van der Waals surface area (Å²) in [6.45, 7) is 9.32. The fourth-order valence-corrected chi connectivity index (χ4v) is 6.32. The zero-order valence-electron chi connectivity index (χ0n) is 19.4. The molecule has 7 nitrogen and oxygen atoms in total. The lowest BCUT2D eigenvalue weighted by atomic mass is 9.79. The summed E-state index contributed by atoms with van der Waals surface area (Å²) in [5.74, 6) is 0.200. The predicted molar refractivity (Wildman–Crippen MR) is 125 cm³/mol. The minimum atomic E-state index is -0.328. The molecule has 0 atom stereocenters. The molecule has 4 heterocycles. The minimum Gasteiger partial charge on any atom is -0.486 e. The van der Waals surface area contributed by atoms with E-state index in [2.05, 4.69) is 55.2 Å². The molecule has 32 heavy (non-hydrogen) atoms. The van der Waals surface area contributed by atoms with Gasteiger partial charge in [-0.3, -0.25) is 0 Å². The Balaban J connectivity index is 1.48. The zero-order chi connectivity index (χ0) is 22.8. The summed E-state index contributed by atoms with van der Waals surface area (Å²) in [5, 5.41) is 13.0. The second-order valence-electron chi connectivity index (χ2n) is 10.2. The van der Waals surface area contributed by atoms with Crippen LogP contribution in [0.1, 0.15) is 46.2 Å². The van der Waals surface area contributed by atoms with E-state index in [1.54, 1.807) is 24.6 Å². The van der Waals surface area contributed by atoms with Gasteiger partial charge >= 0.3 is 0 Å². The maximum absolute atomic E-state index is 15.3. The van der Waals surface area contributed by atoms with Crippen LogP contribution in [0.4, 0.5) is 9.52 Å². The summed E-state index contributed by atoms with van der Waals surface area (Å²) in [4.78, 5) is 9.42. The molecule has 0 unspecified atom stereocenters. The van der Waals surface area contributed by atoms with Crippen molar-refractivity contribution in [2.45, 2.75) is 64.3 Å². The maximum Gasteiger partial charge on any atom is 0.186 e. The average Bonchev–Trinajstić information content (AvgIpc) is 3.30. The Bertz CT molecular complexity index is 1170. The highest BCUT2D eigenvalue weighted by Gasteiger charge is 2.40. The number of anilines is 1. The first-order chi connectivity index (χ1) is 15.0. The quantitative estimate of drug-likeness (QED) is 0.631. The Labute approximate surface area is 191 Å². The number of aryl methyl sites for hydroxylation is 1. The molecule has 5 rings (SSSR count). The normalized spacial score (nSPS) is 19.2. The van der Waals surface area contributed by atoms with Crippen molar-refractivity contribution < 1.29 is 9.13 Å². The van der Waals surface area contributed by atoms with E-state index in [0.29, 0.717) is 35.2 Å². The van der Waals surface area contributed by atoms with Crippen molar-refractivity contribution in [1.29, 1.82) is 0 Å². The third kappa shape index (κ3) is 3.77. The number of ether oxygens (including phenoxy) is 1. The smallest absolute Gasteiger partial charge is 0.186 e. The first-order valence-electron chi connectivity index (χ1n) is 10.9. The fourth-order valence-electron chi connectivity index (χ4n) is 5.17. The van der Waals surface area contributed by atoms with Gasteiger partial charge in [-0.2, -0.15) is 15.0 Å². The standard InChI is InChI=1S/C23H29FN6OS/c1-22(2)9-14(10-23(3,4)28-22)29(5)21-26-17-12-31-18-8-13(16-11-25-30(6)27-16)7-15(24)19(18)20(17)32-21/h7-8,11,14,28H,9-10,12H2,1-6H3. The Hall–Kier alpha value is -2.52. The van der Waals surface area contributed by atoms with E-state index in [-0.39, 0.29) is 16.9 Å². The molecule has 0 radical (unpaired) electrons. The monoisotopic (exact) mass is 456 g/mol. The Kier molecular flexibility index (Phi) is 4.83. The lowest BCUT2D eigenvalue weighted by molar-refractivity contribution is 0.161. The van der Waals surface area contributed by atoms with Gasteiger partial charge in [-0.15, -0.1) is 0 Å². The molecule has 170 valence electrons. The molecule has 1 saturated heterocycles. The third-order valence-corrected chi connectivity index (χ3v) is 7.45. The Morgan fingerprint density at radius 1 is 1.22 bits per heavy atom. The van der Waals surface area contributed by atoms with Crippen LogP contribution in [-0.2, 0) is 13.7 Å². The number of piperidine rings is 1. The maximum atomic E-state index is 15.3. The molecule has 2 aliphatic heterocycles. The number of halogens is 1. The van der Waals surface area contributed by atoms with E-state index in [4.69, 9.17) is 9.72 Å². The molecule has 0 saturated carbocycles. The van der Waals surface area contributed by atoms with Gasteiger partial charge in [0, 0.05) is 36.8 Å². The van der Waals surface area contributed by atoms with Crippen LogP contribution in [-0.4, -0.2) is 44.1 Å². The van der Waals surface area contributed by atoms with Gasteiger partial charge in [-0.25, -0.2) is 9.37 Å². The van der Waals surface area contributed by atoms with Gasteiger partial charge in [-0.05, 0) is 52.7 Å². The number of fused-ring (bicyclic) bond motifs is 3. The summed E-state index contributed by atoms with van der Waals surface area (Å²) in [6.07, 6.45) is 3.65. The second kappa shape index (κ2) is 7.25. The molecule has 1 aromatic carbocycles. The molecule has 2 aromatic heterocycles. The molecular formula is C23H29FN6OS. The number of rotatable bonds is 3. The van der Waals surface area contributed by atoms with Gasteiger partial charge in [0.1, 0.15) is 23.9 Å². The highest BCUT2D eigenvalue weighted by molar-refractivity contribution is 7.19. The van der Waals surface area contributed by atoms with Crippen LogP contribution in [0.15, 0.2) is 18.3 Å². The number of benzene rings is 1. The molecule has 3 aromatic rings. The summed E-state index contributed by atoms with van der Waals surface area (Å²) in [7, 11) is 3.84. The highest BCUT2D eigenvalue weighted by atomic mass is 32.1. The number of hydrogen-bond acceptors (Lipinski definition) is 7.